The normalized spacial score (nSPS) is 19.7. The predicted octanol–water partition coefficient (Wildman–Crippen LogP) is 5.18. The van der Waals surface area contributed by atoms with Gasteiger partial charge >= 0.3 is 5.97 Å². The first-order valence-corrected chi connectivity index (χ1v) is 14.5. The number of fused-ring (bicyclic) bond motifs is 1. The van der Waals surface area contributed by atoms with Crippen LogP contribution in [0, 0.1) is 11.7 Å². The van der Waals surface area contributed by atoms with Crippen LogP contribution >= 0.6 is 0 Å². The number of halogens is 1. The number of carbonyl (C=O) groups excluding carboxylic acids is 1. The van der Waals surface area contributed by atoms with Crippen LogP contribution in [0.4, 0.5) is 10.1 Å². The zero-order valence-electron chi connectivity index (χ0n) is 24.6. The number of methoxy groups -OCH3 is 1. The number of likely N-dealkylation sites (tertiary alicyclic amines) is 1. The number of hydrogen-bond acceptors (Lipinski definition) is 7. The van der Waals surface area contributed by atoms with Crippen molar-refractivity contribution in [1.82, 2.24) is 4.90 Å². The molecule has 0 saturated carbocycles. The number of ether oxygens (including phenoxy) is 4. The predicted molar refractivity (Wildman–Crippen MR) is 158 cm³/mol. The van der Waals surface area contributed by atoms with Gasteiger partial charge < -0.3 is 29.4 Å². The van der Waals surface area contributed by atoms with Gasteiger partial charge in [0.25, 0.3) is 0 Å². The molecule has 1 fully saturated rings. The molecular formula is C33H37FN2O7. The number of hydrogen-bond donors (Lipinski definition) is 2. The summed E-state index contributed by atoms with van der Waals surface area (Å²) in [5.74, 6) is -1.11. The van der Waals surface area contributed by atoms with E-state index in [-0.39, 0.29) is 25.1 Å². The third kappa shape index (κ3) is 6.60. The maximum absolute atomic E-state index is 14.2. The van der Waals surface area contributed by atoms with E-state index in [2.05, 4.69) is 5.32 Å². The highest BCUT2D eigenvalue weighted by Gasteiger charge is 2.48. The Morgan fingerprint density at radius 2 is 1.63 bits per heavy atom. The SMILES string of the molecule is CCc1cc(F)cc(CC)c1NC(=O)CN1C[C@H](c2ccc3c(c2)OCCO3)C(C(=O)O)[C@@H]1c1ccc(OCOC)cc1. The highest BCUT2D eigenvalue weighted by atomic mass is 19.1. The lowest BCUT2D eigenvalue weighted by Crippen LogP contribution is -2.35. The molecule has 43 heavy (non-hydrogen) atoms. The fourth-order valence-corrected chi connectivity index (χ4v) is 6.11. The standard InChI is InChI=1S/C33H37FN2O7/c1-4-20-14-24(34)15-21(5-2)31(20)35-29(37)18-36-17-26(23-8-11-27-28(16-23)42-13-12-41-27)30(33(38)39)32(36)22-6-9-25(10-7-22)43-19-40-3/h6-11,14-16,26,30,32H,4-5,12-13,17-19H2,1-3H3,(H,35,37)(H,38,39)/t26-,30?,32+/m1/s1. The third-order valence-corrected chi connectivity index (χ3v) is 8.08. The minimum Gasteiger partial charge on any atom is -0.486 e. The molecule has 2 aliphatic heterocycles. The summed E-state index contributed by atoms with van der Waals surface area (Å²) in [6.45, 7) is 5.05. The van der Waals surface area contributed by atoms with Crippen molar-refractivity contribution in [3.63, 3.8) is 0 Å². The summed E-state index contributed by atoms with van der Waals surface area (Å²) in [4.78, 5) is 28.4. The second-order valence-electron chi connectivity index (χ2n) is 10.7. The van der Waals surface area contributed by atoms with Gasteiger partial charge in [0.15, 0.2) is 18.3 Å². The third-order valence-electron chi connectivity index (χ3n) is 8.08. The number of carboxylic acid groups (broad SMARTS) is 1. The molecule has 5 rings (SSSR count). The van der Waals surface area contributed by atoms with Crippen LogP contribution in [0.3, 0.4) is 0 Å². The molecule has 10 heteroatoms. The maximum Gasteiger partial charge on any atom is 0.309 e. The second kappa shape index (κ2) is 13.4. The Balaban J connectivity index is 1.48. The Morgan fingerprint density at radius 1 is 0.977 bits per heavy atom. The number of nitrogens with one attached hydrogen (secondary N) is 1. The molecule has 2 heterocycles. The van der Waals surface area contributed by atoms with E-state index in [9.17, 15) is 19.1 Å². The number of aryl methyl sites for hydroxylation is 2. The first-order chi connectivity index (χ1) is 20.8. The van der Waals surface area contributed by atoms with Crippen molar-refractivity contribution < 1.29 is 38.0 Å². The van der Waals surface area contributed by atoms with Crippen molar-refractivity contribution >= 4 is 17.6 Å². The highest BCUT2D eigenvalue weighted by molar-refractivity contribution is 5.94. The van der Waals surface area contributed by atoms with Crippen LogP contribution in [0.15, 0.2) is 54.6 Å². The molecule has 9 nitrogen and oxygen atoms in total. The van der Waals surface area contributed by atoms with Gasteiger partial charge in [-0.25, -0.2) is 4.39 Å². The van der Waals surface area contributed by atoms with E-state index in [0.29, 0.717) is 66.7 Å². The summed E-state index contributed by atoms with van der Waals surface area (Å²) >= 11 is 0. The molecule has 2 aliphatic rings. The average Bonchev–Trinajstić information content (AvgIpc) is 3.39. The molecule has 0 bridgehead atoms. The number of anilines is 1. The van der Waals surface area contributed by atoms with E-state index in [0.717, 1.165) is 11.1 Å². The molecule has 228 valence electrons. The van der Waals surface area contributed by atoms with Crippen LogP contribution in [0.5, 0.6) is 17.2 Å². The van der Waals surface area contributed by atoms with Crippen molar-refractivity contribution in [2.45, 2.75) is 38.6 Å². The summed E-state index contributed by atoms with van der Waals surface area (Å²) in [6.07, 6.45) is 1.11. The Kier molecular flexibility index (Phi) is 9.47. The highest BCUT2D eigenvalue weighted by Crippen LogP contribution is 2.47. The molecule has 3 aromatic carbocycles. The van der Waals surface area contributed by atoms with E-state index < -0.39 is 23.8 Å². The number of carbonyl (C=O) groups is 2. The fourth-order valence-electron chi connectivity index (χ4n) is 6.11. The average molecular weight is 593 g/mol. The molecule has 0 spiro atoms. The molecule has 0 aromatic heterocycles. The quantitative estimate of drug-likeness (QED) is 0.293. The molecule has 2 N–H and O–H groups in total. The van der Waals surface area contributed by atoms with Crippen LogP contribution < -0.4 is 19.5 Å². The number of rotatable bonds is 11. The van der Waals surface area contributed by atoms with Crippen molar-refractivity contribution in [3.05, 3.63) is 82.7 Å². The minimum atomic E-state index is -0.965. The van der Waals surface area contributed by atoms with E-state index in [4.69, 9.17) is 18.9 Å². The Hall–Kier alpha value is -4.15. The Morgan fingerprint density at radius 3 is 2.26 bits per heavy atom. The van der Waals surface area contributed by atoms with Gasteiger partial charge in [0.05, 0.1) is 12.5 Å². The summed E-state index contributed by atoms with van der Waals surface area (Å²) in [6, 6.07) is 15.0. The summed E-state index contributed by atoms with van der Waals surface area (Å²) in [5, 5.41) is 13.6. The van der Waals surface area contributed by atoms with E-state index in [1.54, 1.807) is 12.1 Å². The van der Waals surface area contributed by atoms with Gasteiger partial charge in [-0.05, 0) is 71.5 Å². The zero-order valence-corrected chi connectivity index (χ0v) is 24.6. The van der Waals surface area contributed by atoms with Crippen LogP contribution in [-0.2, 0) is 27.2 Å². The first-order valence-electron chi connectivity index (χ1n) is 14.5. The second-order valence-corrected chi connectivity index (χ2v) is 10.7. The van der Waals surface area contributed by atoms with Crippen molar-refractivity contribution in [2.24, 2.45) is 5.92 Å². The largest absolute Gasteiger partial charge is 0.486 e. The topological polar surface area (TPSA) is 107 Å². The number of nitrogens with zero attached hydrogens (tertiary/aromatic N) is 1. The molecule has 1 amide bonds. The molecule has 1 saturated heterocycles. The first kappa shape index (κ1) is 30.3. The number of amides is 1. The van der Waals surface area contributed by atoms with Crippen molar-refractivity contribution in [1.29, 1.82) is 0 Å². The molecular weight excluding hydrogens is 555 g/mol. The zero-order chi connectivity index (χ0) is 30.5. The lowest BCUT2D eigenvalue weighted by Gasteiger charge is -2.27. The maximum atomic E-state index is 14.2. The van der Waals surface area contributed by atoms with Crippen LogP contribution in [-0.4, -0.2) is 62.1 Å². The van der Waals surface area contributed by atoms with Crippen LogP contribution in [0.2, 0.25) is 0 Å². The van der Waals surface area contributed by atoms with Gasteiger partial charge in [-0.2, -0.15) is 0 Å². The van der Waals surface area contributed by atoms with Gasteiger partial charge in [-0.3, -0.25) is 14.5 Å². The van der Waals surface area contributed by atoms with Crippen molar-refractivity contribution in [2.75, 3.05) is 45.5 Å². The molecule has 1 unspecified atom stereocenters. The van der Waals surface area contributed by atoms with Gasteiger partial charge in [-0.1, -0.05) is 32.0 Å². The summed E-state index contributed by atoms with van der Waals surface area (Å²) in [5.41, 5.74) is 3.59. The van der Waals surface area contributed by atoms with Crippen LogP contribution in [0.25, 0.3) is 0 Å². The number of carboxylic acids is 1. The van der Waals surface area contributed by atoms with E-state index in [1.807, 2.05) is 49.1 Å². The molecule has 3 aromatic rings. The lowest BCUT2D eigenvalue weighted by molar-refractivity contribution is -0.143. The van der Waals surface area contributed by atoms with Crippen molar-refractivity contribution in [3.8, 4) is 17.2 Å². The summed E-state index contributed by atoms with van der Waals surface area (Å²) in [7, 11) is 1.53. The Bertz CT molecular complexity index is 1440. The van der Waals surface area contributed by atoms with Crippen LogP contribution in [0.1, 0.15) is 48.1 Å². The number of aliphatic carboxylic acids is 1. The monoisotopic (exact) mass is 592 g/mol. The number of benzene rings is 3. The van der Waals surface area contributed by atoms with Gasteiger partial charge in [0.1, 0.15) is 24.8 Å². The molecule has 3 atom stereocenters. The van der Waals surface area contributed by atoms with Gasteiger partial charge in [-0.15, -0.1) is 0 Å². The fraction of sp³-hybridized carbons (Fsp3) is 0.394. The van der Waals surface area contributed by atoms with Gasteiger partial charge in [0.2, 0.25) is 5.91 Å². The van der Waals surface area contributed by atoms with Gasteiger partial charge in [0, 0.05) is 31.3 Å². The Labute approximate surface area is 250 Å². The smallest absolute Gasteiger partial charge is 0.309 e. The van der Waals surface area contributed by atoms with E-state index >= 15 is 0 Å². The summed E-state index contributed by atoms with van der Waals surface area (Å²) < 4.78 is 36.2. The van der Waals surface area contributed by atoms with E-state index in [1.165, 1.54) is 19.2 Å². The minimum absolute atomic E-state index is 0.0545. The molecule has 0 radical (unpaired) electrons. The molecule has 0 aliphatic carbocycles. The lowest BCUT2D eigenvalue weighted by atomic mass is 9.82.